The molecular weight excluding hydrogens is 238 g/mol. The van der Waals surface area contributed by atoms with Crippen molar-refractivity contribution >= 4 is 11.2 Å². The Balaban J connectivity index is 2.24. The summed E-state index contributed by atoms with van der Waals surface area (Å²) in [7, 11) is 0. The molecule has 104 valence electrons. The summed E-state index contributed by atoms with van der Waals surface area (Å²) in [5.74, 6) is 1.46. The molecule has 0 saturated carbocycles. The van der Waals surface area contributed by atoms with Crippen LogP contribution in [0.3, 0.4) is 0 Å². The van der Waals surface area contributed by atoms with Gasteiger partial charge in [0.1, 0.15) is 11.3 Å². The number of pyridine rings is 1. The van der Waals surface area contributed by atoms with E-state index in [0.29, 0.717) is 12.3 Å². The highest BCUT2D eigenvalue weighted by atomic mass is 16.3. The van der Waals surface area contributed by atoms with Gasteiger partial charge in [-0.3, -0.25) is 0 Å². The van der Waals surface area contributed by atoms with E-state index >= 15 is 0 Å². The third-order valence-electron chi connectivity index (χ3n) is 3.27. The molecule has 4 nitrogen and oxygen atoms in total. The number of aryl methyl sites for hydroxylation is 2. The van der Waals surface area contributed by atoms with Crippen molar-refractivity contribution in [2.24, 2.45) is 5.92 Å². The number of H-pyrrole nitrogens is 1. The lowest BCUT2D eigenvalue weighted by molar-refractivity contribution is 0.148. The lowest BCUT2D eigenvalue weighted by Crippen LogP contribution is -2.14. The molecule has 4 heteroatoms. The molecular formula is C15H23N3O. The molecule has 0 bridgehead atoms. The van der Waals surface area contributed by atoms with E-state index in [-0.39, 0.29) is 6.10 Å². The minimum absolute atomic E-state index is 0.321. The molecule has 0 spiro atoms. The van der Waals surface area contributed by atoms with Crippen molar-refractivity contribution in [3.05, 3.63) is 23.1 Å². The van der Waals surface area contributed by atoms with Gasteiger partial charge in [-0.05, 0) is 30.9 Å². The summed E-state index contributed by atoms with van der Waals surface area (Å²) in [6.07, 6.45) is 1.97. The maximum atomic E-state index is 10.0. The highest BCUT2D eigenvalue weighted by Gasteiger charge is 2.12. The number of hydrogen-bond acceptors (Lipinski definition) is 3. The standard InChI is InChI=1S/C15H23N3O/c1-5-13-17-14-10(4)7-11(16-15(14)18-13)8-12(19)6-9(2)3/h7,9,12,19H,5-6,8H2,1-4H3,(H,16,17,18). The fourth-order valence-electron chi connectivity index (χ4n) is 2.40. The van der Waals surface area contributed by atoms with Crippen LogP contribution in [0, 0.1) is 12.8 Å². The molecule has 0 aliphatic heterocycles. The zero-order valence-electron chi connectivity index (χ0n) is 12.2. The fraction of sp³-hybridized carbons (Fsp3) is 0.600. The van der Waals surface area contributed by atoms with Crippen LogP contribution in [-0.4, -0.2) is 26.2 Å². The molecule has 0 amide bonds. The molecule has 0 fully saturated rings. The van der Waals surface area contributed by atoms with Crippen molar-refractivity contribution in [1.82, 2.24) is 15.0 Å². The number of nitrogens with zero attached hydrogens (tertiary/aromatic N) is 2. The third kappa shape index (κ3) is 3.32. The summed E-state index contributed by atoms with van der Waals surface area (Å²) in [5.41, 5.74) is 3.83. The first-order valence-electron chi connectivity index (χ1n) is 7.02. The van der Waals surface area contributed by atoms with Crippen LogP contribution >= 0.6 is 0 Å². The molecule has 19 heavy (non-hydrogen) atoms. The average molecular weight is 261 g/mol. The molecule has 2 aromatic heterocycles. The number of fused-ring (bicyclic) bond motifs is 1. The SMILES string of the molecule is CCc1nc2c(C)cc(CC(O)CC(C)C)nc2[nH]1. The van der Waals surface area contributed by atoms with E-state index in [2.05, 4.69) is 35.7 Å². The van der Waals surface area contributed by atoms with Gasteiger partial charge in [0.05, 0.1) is 6.10 Å². The highest BCUT2D eigenvalue weighted by molar-refractivity contribution is 5.74. The maximum Gasteiger partial charge on any atom is 0.157 e. The molecule has 0 saturated heterocycles. The van der Waals surface area contributed by atoms with Crippen LogP contribution in [-0.2, 0) is 12.8 Å². The second kappa shape index (κ2) is 5.70. The summed E-state index contributed by atoms with van der Waals surface area (Å²) in [6, 6.07) is 2.03. The topological polar surface area (TPSA) is 61.8 Å². The lowest BCUT2D eigenvalue weighted by Gasteiger charge is -2.12. The predicted octanol–water partition coefficient (Wildman–Crippen LogP) is 2.78. The van der Waals surface area contributed by atoms with Gasteiger partial charge in [-0.15, -0.1) is 0 Å². The van der Waals surface area contributed by atoms with E-state index in [1.54, 1.807) is 0 Å². The highest BCUT2D eigenvalue weighted by Crippen LogP contribution is 2.18. The summed E-state index contributed by atoms with van der Waals surface area (Å²) in [5, 5.41) is 10.0. The summed E-state index contributed by atoms with van der Waals surface area (Å²) >= 11 is 0. The first-order valence-corrected chi connectivity index (χ1v) is 7.02. The van der Waals surface area contributed by atoms with Crippen molar-refractivity contribution in [2.45, 2.75) is 53.1 Å². The molecule has 2 N–H and O–H groups in total. The van der Waals surface area contributed by atoms with E-state index in [4.69, 9.17) is 0 Å². The van der Waals surface area contributed by atoms with Crippen molar-refractivity contribution in [3.63, 3.8) is 0 Å². The van der Waals surface area contributed by atoms with E-state index in [0.717, 1.165) is 41.1 Å². The number of hydrogen-bond donors (Lipinski definition) is 2. The summed E-state index contributed by atoms with van der Waals surface area (Å²) in [6.45, 7) is 8.35. The third-order valence-corrected chi connectivity index (χ3v) is 3.27. The van der Waals surface area contributed by atoms with Crippen molar-refractivity contribution in [1.29, 1.82) is 0 Å². The van der Waals surface area contributed by atoms with Crippen LogP contribution in [0.25, 0.3) is 11.2 Å². The van der Waals surface area contributed by atoms with Crippen LogP contribution in [0.2, 0.25) is 0 Å². The largest absolute Gasteiger partial charge is 0.393 e. The molecule has 2 aromatic rings. The Morgan fingerprint density at radius 2 is 2.05 bits per heavy atom. The van der Waals surface area contributed by atoms with Crippen molar-refractivity contribution in [2.75, 3.05) is 0 Å². The van der Waals surface area contributed by atoms with Crippen LogP contribution in [0.5, 0.6) is 0 Å². The van der Waals surface area contributed by atoms with E-state index < -0.39 is 0 Å². The van der Waals surface area contributed by atoms with Gasteiger partial charge < -0.3 is 10.1 Å². The van der Waals surface area contributed by atoms with Crippen LogP contribution in [0.4, 0.5) is 0 Å². The molecule has 0 aliphatic carbocycles. The number of aliphatic hydroxyl groups is 1. The van der Waals surface area contributed by atoms with Crippen LogP contribution in [0.15, 0.2) is 6.07 Å². The molecule has 0 radical (unpaired) electrons. The first-order chi connectivity index (χ1) is 8.99. The lowest BCUT2D eigenvalue weighted by atomic mass is 10.0. The predicted molar refractivity (Wildman–Crippen MR) is 77.2 cm³/mol. The number of nitrogens with one attached hydrogen (secondary N) is 1. The maximum absolute atomic E-state index is 10.0. The normalized spacial score (nSPS) is 13.4. The summed E-state index contributed by atoms with van der Waals surface area (Å²) in [4.78, 5) is 12.3. The second-order valence-corrected chi connectivity index (χ2v) is 5.65. The van der Waals surface area contributed by atoms with E-state index in [1.165, 1.54) is 0 Å². The number of aliphatic hydroxyl groups excluding tert-OH is 1. The molecule has 0 aliphatic rings. The Morgan fingerprint density at radius 1 is 1.32 bits per heavy atom. The Labute approximate surface area is 114 Å². The van der Waals surface area contributed by atoms with Gasteiger partial charge in [-0.2, -0.15) is 0 Å². The van der Waals surface area contributed by atoms with Gasteiger partial charge in [0.25, 0.3) is 0 Å². The van der Waals surface area contributed by atoms with Gasteiger partial charge in [-0.25, -0.2) is 9.97 Å². The van der Waals surface area contributed by atoms with Crippen molar-refractivity contribution in [3.8, 4) is 0 Å². The van der Waals surface area contributed by atoms with E-state index in [1.807, 2.05) is 13.0 Å². The summed E-state index contributed by atoms with van der Waals surface area (Å²) < 4.78 is 0. The van der Waals surface area contributed by atoms with Crippen LogP contribution in [0.1, 0.15) is 44.3 Å². The smallest absolute Gasteiger partial charge is 0.157 e. The monoisotopic (exact) mass is 261 g/mol. The Hall–Kier alpha value is -1.42. The van der Waals surface area contributed by atoms with Gasteiger partial charge >= 0.3 is 0 Å². The minimum atomic E-state index is -0.321. The number of aromatic amines is 1. The molecule has 1 unspecified atom stereocenters. The fourth-order valence-corrected chi connectivity index (χ4v) is 2.40. The molecule has 2 heterocycles. The Morgan fingerprint density at radius 3 is 2.68 bits per heavy atom. The number of rotatable bonds is 5. The zero-order chi connectivity index (χ0) is 14.0. The van der Waals surface area contributed by atoms with Gasteiger partial charge in [-0.1, -0.05) is 20.8 Å². The Kier molecular flexibility index (Phi) is 4.20. The second-order valence-electron chi connectivity index (χ2n) is 5.65. The quantitative estimate of drug-likeness (QED) is 0.870. The first kappa shape index (κ1) is 14.0. The minimum Gasteiger partial charge on any atom is -0.393 e. The van der Waals surface area contributed by atoms with Gasteiger partial charge in [0.2, 0.25) is 0 Å². The number of aromatic nitrogens is 3. The molecule has 2 rings (SSSR count). The average Bonchev–Trinajstić information content (AvgIpc) is 2.71. The zero-order valence-corrected chi connectivity index (χ0v) is 12.2. The van der Waals surface area contributed by atoms with Crippen LogP contribution < -0.4 is 0 Å². The van der Waals surface area contributed by atoms with E-state index in [9.17, 15) is 5.11 Å². The van der Waals surface area contributed by atoms with Gasteiger partial charge in [0, 0.05) is 18.5 Å². The van der Waals surface area contributed by atoms with Gasteiger partial charge in [0.15, 0.2) is 5.65 Å². The Bertz CT molecular complexity index is 560. The van der Waals surface area contributed by atoms with Crippen molar-refractivity contribution < 1.29 is 5.11 Å². The molecule has 0 aromatic carbocycles. The number of imidazole rings is 1. The molecule has 1 atom stereocenters.